The van der Waals surface area contributed by atoms with Gasteiger partial charge < -0.3 is 30.2 Å². The molecule has 1 aliphatic heterocycles. The molecule has 1 aromatic heterocycles. The molecule has 0 atom stereocenters. The van der Waals surface area contributed by atoms with Crippen molar-refractivity contribution in [1.82, 2.24) is 20.2 Å². The molecule has 14 nitrogen and oxygen atoms in total. The fourth-order valence-electron chi connectivity index (χ4n) is 6.51. The number of nitrogens with zero attached hydrogens (tertiary/aromatic N) is 3. The number of fused-ring (bicyclic) bond motifs is 1. The molecule has 2 heterocycles. The molecule has 57 heavy (non-hydrogen) atoms. The highest BCUT2D eigenvalue weighted by Crippen LogP contribution is 2.39. The molecular weight excluding hydrogens is 747 g/mol. The molecule has 2 amide bonds. The largest absolute Gasteiger partial charge is 0.496 e. The number of benzene rings is 4. The minimum absolute atomic E-state index is 0.201. The van der Waals surface area contributed by atoms with E-state index in [9.17, 15) is 18.0 Å². The fourth-order valence-corrected chi connectivity index (χ4v) is 7.06. The van der Waals surface area contributed by atoms with Gasteiger partial charge >= 0.3 is 0 Å². The number of morpholine rings is 1. The highest BCUT2D eigenvalue weighted by Gasteiger charge is 2.23. The molecular formula is C42H49N7O7S. The van der Waals surface area contributed by atoms with E-state index in [0.29, 0.717) is 59.5 Å². The fraction of sp³-hybridized carbons (Fsp3) is 0.333. The molecule has 4 aromatic carbocycles. The highest BCUT2D eigenvalue weighted by atomic mass is 32.2. The zero-order valence-electron chi connectivity index (χ0n) is 33.3. The molecule has 1 saturated heterocycles. The minimum atomic E-state index is -3.63. The molecule has 1 aliphatic rings. The van der Waals surface area contributed by atoms with E-state index < -0.39 is 10.0 Å². The summed E-state index contributed by atoms with van der Waals surface area (Å²) in [6.45, 7) is 12.4. The standard InChI is InChI=1S/C42H49N7O7S/c1-26-8-9-28(39(50)46-35-22-30(42(2,3)4)23-36(38(35)55-6)48-57(7,52)53)21-33(26)27-10-13-34-29(20-27)25-44-41(47-34)45-31-11-12-32(37(24-31)54-5)40(51)43-14-15-49-16-18-56-19-17-49/h8-13,20-25,48H,14-19H2,1-7H3,(H,43,51)(H,46,50)(H,44,45,47). The van der Waals surface area contributed by atoms with E-state index in [0.717, 1.165) is 53.5 Å². The van der Waals surface area contributed by atoms with Crippen molar-refractivity contribution in [3.63, 3.8) is 0 Å². The summed E-state index contributed by atoms with van der Waals surface area (Å²) in [7, 11) is -0.681. The number of aryl methyl sites for hydroxylation is 1. The Bertz CT molecular complexity index is 2410. The van der Waals surface area contributed by atoms with E-state index in [1.54, 1.807) is 42.6 Å². The molecule has 0 bridgehead atoms. The Morgan fingerprint density at radius 1 is 0.912 bits per heavy atom. The summed E-state index contributed by atoms with van der Waals surface area (Å²) in [5.74, 6) is 0.393. The lowest BCUT2D eigenvalue weighted by Gasteiger charge is -2.26. The normalized spacial score (nSPS) is 13.5. The molecule has 4 N–H and O–H groups in total. The van der Waals surface area contributed by atoms with E-state index in [1.165, 1.54) is 14.2 Å². The summed E-state index contributed by atoms with van der Waals surface area (Å²) >= 11 is 0. The lowest BCUT2D eigenvalue weighted by Crippen LogP contribution is -2.41. The predicted octanol–water partition coefficient (Wildman–Crippen LogP) is 6.35. The van der Waals surface area contributed by atoms with Crippen molar-refractivity contribution >= 4 is 55.8 Å². The van der Waals surface area contributed by atoms with Crippen LogP contribution in [0, 0.1) is 6.92 Å². The van der Waals surface area contributed by atoms with Crippen molar-refractivity contribution in [2.45, 2.75) is 33.1 Å². The minimum Gasteiger partial charge on any atom is -0.496 e. The van der Waals surface area contributed by atoms with E-state index in [2.05, 4.69) is 30.6 Å². The quantitative estimate of drug-likeness (QED) is 0.105. The molecule has 0 saturated carbocycles. The van der Waals surface area contributed by atoms with Gasteiger partial charge in [0.25, 0.3) is 11.8 Å². The molecule has 0 spiro atoms. The van der Waals surface area contributed by atoms with E-state index in [-0.39, 0.29) is 28.7 Å². The van der Waals surface area contributed by atoms with Gasteiger partial charge in [-0.3, -0.25) is 19.2 Å². The number of hydrogen-bond acceptors (Lipinski definition) is 11. The maximum absolute atomic E-state index is 13.8. The summed E-state index contributed by atoms with van der Waals surface area (Å²) < 4.78 is 43.4. The van der Waals surface area contributed by atoms with Crippen LogP contribution in [-0.4, -0.2) is 95.0 Å². The van der Waals surface area contributed by atoms with Gasteiger partial charge in [-0.2, -0.15) is 0 Å². The average Bonchev–Trinajstić information content (AvgIpc) is 3.17. The number of amides is 2. The molecule has 15 heteroatoms. The number of nitrogens with one attached hydrogen (secondary N) is 4. The summed E-state index contributed by atoms with van der Waals surface area (Å²) in [4.78, 5) is 38.2. The number of hydrogen-bond donors (Lipinski definition) is 4. The van der Waals surface area contributed by atoms with Gasteiger partial charge in [-0.1, -0.05) is 32.9 Å². The second-order valence-electron chi connectivity index (χ2n) is 14.9. The molecule has 1 fully saturated rings. The van der Waals surface area contributed by atoms with Gasteiger partial charge in [0.1, 0.15) is 5.75 Å². The lowest BCUT2D eigenvalue weighted by atomic mass is 9.86. The second kappa shape index (κ2) is 17.2. The third-order valence-corrected chi connectivity index (χ3v) is 10.2. The smallest absolute Gasteiger partial charge is 0.255 e. The Morgan fingerprint density at radius 2 is 1.67 bits per heavy atom. The number of carbonyl (C=O) groups excluding carboxylic acids is 2. The van der Waals surface area contributed by atoms with Crippen molar-refractivity contribution in [3.8, 4) is 22.6 Å². The van der Waals surface area contributed by atoms with E-state index in [1.807, 2.05) is 58.0 Å². The number of anilines is 4. The number of methoxy groups -OCH3 is 2. The molecule has 300 valence electrons. The van der Waals surface area contributed by atoms with Gasteiger partial charge in [0.2, 0.25) is 16.0 Å². The zero-order chi connectivity index (χ0) is 40.9. The first-order chi connectivity index (χ1) is 27.1. The third-order valence-electron chi connectivity index (χ3n) is 9.61. The van der Waals surface area contributed by atoms with Gasteiger partial charge in [0.15, 0.2) is 5.75 Å². The molecule has 0 radical (unpaired) electrons. The molecule has 6 rings (SSSR count). The van der Waals surface area contributed by atoms with Crippen LogP contribution in [0.5, 0.6) is 11.5 Å². The van der Waals surface area contributed by atoms with Crippen LogP contribution in [0.4, 0.5) is 23.0 Å². The van der Waals surface area contributed by atoms with Crippen molar-refractivity contribution < 1.29 is 32.2 Å². The van der Waals surface area contributed by atoms with Crippen LogP contribution in [0.1, 0.15) is 52.6 Å². The van der Waals surface area contributed by atoms with Crippen LogP contribution in [0.3, 0.4) is 0 Å². The summed E-state index contributed by atoms with van der Waals surface area (Å²) in [5.41, 5.74) is 5.89. The average molecular weight is 796 g/mol. The summed E-state index contributed by atoms with van der Waals surface area (Å²) in [6, 6.07) is 20.0. The van der Waals surface area contributed by atoms with Crippen molar-refractivity contribution in [1.29, 1.82) is 0 Å². The van der Waals surface area contributed by atoms with Crippen molar-refractivity contribution in [2.75, 3.05) is 75.2 Å². The summed E-state index contributed by atoms with van der Waals surface area (Å²) in [5, 5.41) is 9.93. The first-order valence-electron chi connectivity index (χ1n) is 18.5. The first kappa shape index (κ1) is 40.9. The van der Waals surface area contributed by atoms with Crippen LogP contribution >= 0.6 is 0 Å². The van der Waals surface area contributed by atoms with Crippen LogP contribution < -0.4 is 30.1 Å². The Balaban J connectivity index is 1.18. The second-order valence-corrected chi connectivity index (χ2v) is 16.7. The van der Waals surface area contributed by atoms with Gasteiger partial charge in [-0.05, 0) is 83.1 Å². The molecule has 5 aromatic rings. The molecule has 0 aliphatic carbocycles. The van der Waals surface area contributed by atoms with Gasteiger partial charge in [-0.25, -0.2) is 18.4 Å². The maximum Gasteiger partial charge on any atom is 0.255 e. The topological polar surface area (TPSA) is 173 Å². The van der Waals surface area contributed by atoms with Gasteiger partial charge in [-0.15, -0.1) is 0 Å². The Kier molecular flexibility index (Phi) is 12.3. The number of carbonyl (C=O) groups is 2. The number of ether oxygens (including phenoxy) is 3. The van der Waals surface area contributed by atoms with E-state index in [4.69, 9.17) is 19.2 Å². The van der Waals surface area contributed by atoms with Crippen LogP contribution in [0.2, 0.25) is 0 Å². The Morgan fingerprint density at radius 3 is 2.37 bits per heavy atom. The number of aromatic nitrogens is 2. The number of rotatable bonds is 13. The Labute approximate surface area is 333 Å². The SMILES string of the molecule is COc1cc(Nc2ncc3cc(-c4cc(C(=O)Nc5cc(C(C)(C)C)cc(NS(C)(=O)=O)c5OC)ccc4C)ccc3n2)ccc1C(=O)NCCN1CCOCC1. The third kappa shape index (κ3) is 10.2. The van der Waals surface area contributed by atoms with Crippen LogP contribution in [-0.2, 0) is 20.2 Å². The lowest BCUT2D eigenvalue weighted by molar-refractivity contribution is 0.0383. The van der Waals surface area contributed by atoms with Crippen molar-refractivity contribution in [3.05, 3.63) is 95.2 Å². The monoisotopic (exact) mass is 795 g/mol. The van der Waals surface area contributed by atoms with Gasteiger partial charge in [0, 0.05) is 55.1 Å². The van der Waals surface area contributed by atoms with Gasteiger partial charge in [0.05, 0.1) is 56.1 Å². The van der Waals surface area contributed by atoms with Crippen LogP contribution in [0.15, 0.2) is 72.9 Å². The number of sulfonamides is 1. The first-order valence-corrected chi connectivity index (χ1v) is 20.4. The van der Waals surface area contributed by atoms with Crippen LogP contribution in [0.25, 0.3) is 22.0 Å². The maximum atomic E-state index is 13.8. The summed E-state index contributed by atoms with van der Waals surface area (Å²) in [6.07, 6.45) is 2.79. The highest BCUT2D eigenvalue weighted by molar-refractivity contribution is 7.92. The predicted molar refractivity (Wildman–Crippen MR) is 224 cm³/mol. The van der Waals surface area contributed by atoms with Crippen molar-refractivity contribution in [2.24, 2.45) is 0 Å². The van der Waals surface area contributed by atoms with E-state index >= 15 is 0 Å². The zero-order valence-corrected chi connectivity index (χ0v) is 34.1. The molecule has 0 unspecified atom stereocenters. The Hall–Kier alpha value is -5.77.